The first-order valence-corrected chi connectivity index (χ1v) is 14.3. The average Bonchev–Trinajstić information content (AvgIpc) is 3.34. The molecule has 0 radical (unpaired) electrons. The van der Waals surface area contributed by atoms with E-state index in [4.69, 9.17) is 9.47 Å². The molecule has 216 valence electrons. The molecule has 2 aromatic carbocycles. The van der Waals surface area contributed by atoms with Crippen molar-refractivity contribution in [2.75, 3.05) is 58.4 Å². The van der Waals surface area contributed by atoms with E-state index in [1.807, 2.05) is 48.2 Å². The summed E-state index contributed by atoms with van der Waals surface area (Å²) in [7, 11) is 3.26. The number of hydroxylamine groups is 1. The second-order valence-corrected chi connectivity index (χ2v) is 10.1. The lowest BCUT2D eigenvalue weighted by Crippen LogP contribution is -2.46. The number of likely N-dealkylation sites (N-methyl/N-ethyl adjacent to an activating group) is 1. The fourth-order valence-electron chi connectivity index (χ4n) is 5.72. The Morgan fingerprint density at radius 1 is 1.10 bits per heavy atom. The number of allylic oxidation sites excluding steroid dienone is 1. The molecule has 2 heterocycles. The van der Waals surface area contributed by atoms with Crippen LogP contribution in [0.1, 0.15) is 61.1 Å². The second-order valence-electron chi connectivity index (χ2n) is 10.1. The topological polar surface area (TPSA) is 80.5 Å². The summed E-state index contributed by atoms with van der Waals surface area (Å²) in [5.74, 6) is 2.00. The monoisotopic (exact) mass is 550 g/mol. The molecule has 2 N–H and O–H groups in total. The van der Waals surface area contributed by atoms with Crippen LogP contribution in [0.5, 0.6) is 11.5 Å². The summed E-state index contributed by atoms with van der Waals surface area (Å²) in [5.41, 5.74) is 4.10. The molecule has 0 unspecified atom stereocenters. The van der Waals surface area contributed by atoms with E-state index in [2.05, 4.69) is 28.1 Å². The van der Waals surface area contributed by atoms with Crippen molar-refractivity contribution in [3.63, 3.8) is 0 Å². The summed E-state index contributed by atoms with van der Waals surface area (Å²) in [5, 5.41) is 13.3. The van der Waals surface area contributed by atoms with Crippen molar-refractivity contribution < 1.29 is 24.2 Å². The van der Waals surface area contributed by atoms with Gasteiger partial charge < -0.3 is 29.4 Å². The van der Waals surface area contributed by atoms with Crippen molar-refractivity contribution in [2.24, 2.45) is 0 Å². The van der Waals surface area contributed by atoms with Crippen molar-refractivity contribution in [3.05, 3.63) is 65.0 Å². The van der Waals surface area contributed by atoms with Crippen molar-refractivity contribution in [1.29, 1.82) is 0 Å². The predicted octanol–water partition coefficient (Wildman–Crippen LogP) is 4.27. The largest absolute Gasteiger partial charge is 0.493 e. The zero-order valence-corrected chi connectivity index (χ0v) is 24.5. The molecular formula is C31H44N5O4+. The number of anilines is 1. The number of carbonyl (C=O) groups excluding carboxylic acids is 1. The van der Waals surface area contributed by atoms with Crippen molar-refractivity contribution in [3.8, 4) is 11.5 Å². The number of piperazine rings is 1. The highest BCUT2D eigenvalue weighted by molar-refractivity contribution is 6.00. The van der Waals surface area contributed by atoms with E-state index >= 15 is 0 Å². The van der Waals surface area contributed by atoms with E-state index in [1.165, 1.54) is 5.69 Å². The first kappa shape index (κ1) is 29.3. The van der Waals surface area contributed by atoms with Crippen LogP contribution >= 0.6 is 0 Å². The minimum absolute atomic E-state index is 0.0630. The average molecular weight is 551 g/mol. The maximum absolute atomic E-state index is 13.9. The number of nitrogens with zero attached hydrogens (tertiary/aromatic N) is 4. The molecular weight excluding hydrogens is 506 g/mol. The summed E-state index contributed by atoms with van der Waals surface area (Å²) >= 11 is 0. The van der Waals surface area contributed by atoms with Crippen LogP contribution in [-0.4, -0.2) is 85.4 Å². The molecule has 40 heavy (non-hydrogen) atoms. The summed E-state index contributed by atoms with van der Waals surface area (Å²) in [4.78, 5) is 20.8. The van der Waals surface area contributed by atoms with Gasteiger partial charge in [-0.05, 0) is 63.1 Å². The van der Waals surface area contributed by atoms with Gasteiger partial charge in [0.2, 0.25) is 0 Å². The van der Waals surface area contributed by atoms with Gasteiger partial charge in [0, 0.05) is 55.6 Å². The maximum atomic E-state index is 13.9. The van der Waals surface area contributed by atoms with Crippen LogP contribution in [0.2, 0.25) is 0 Å². The van der Waals surface area contributed by atoms with Crippen LogP contribution in [0.4, 0.5) is 5.69 Å². The van der Waals surface area contributed by atoms with Gasteiger partial charge in [0.05, 0.1) is 26.8 Å². The zero-order chi connectivity index (χ0) is 28.6. The van der Waals surface area contributed by atoms with Crippen LogP contribution < -0.4 is 19.7 Å². The van der Waals surface area contributed by atoms with Gasteiger partial charge in [-0.15, -0.1) is 0 Å². The Hall–Kier alpha value is -3.72. The molecule has 0 bridgehead atoms. The fourth-order valence-corrected chi connectivity index (χ4v) is 5.72. The Morgan fingerprint density at radius 3 is 2.50 bits per heavy atom. The third kappa shape index (κ3) is 6.20. The molecule has 2 aliphatic rings. The van der Waals surface area contributed by atoms with Crippen LogP contribution in [-0.2, 0) is 6.54 Å². The molecule has 2 aliphatic heterocycles. The Balaban J connectivity index is 1.59. The normalized spacial score (nSPS) is 17.2. The van der Waals surface area contributed by atoms with Gasteiger partial charge in [-0.25, -0.2) is 0 Å². The number of benzene rings is 2. The Kier molecular flexibility index (Phi) is 9.93. The lowest BCUT2D eigenvalue weighted by Gasteiger charge is -2.36. The molecule has 1 amide bonds. The molecule has 9 nitrogen and oxygen atoms in total. The van der Waals surface area contributed by atoms with Gasteiger partial charge in [0.15, 0.2) is 11.5 Å². The van der Waals surface area contributed by atoms with Crippen LogP contribution in [0, 0.1) is 0 Å². The number of hydrogen-bond acceptors (Lipinski definition) is 7. The first-order valence-electron chi connectivity index (χ1n) is 14.3. The summed E-state index contributed by atoms with van der Waals surface area (Å²) in [6.45, 7) is 12.1. The molecule has 1 fully saturated rings. The molecule has 1 saturated heterocycles. The Morgan fingerprint density at radius 2 is 1.85 bits per heavy atom. The smallest absolute Gasteiger partial charge is 0.309 e. The van der Waals surface area contributed by atoms with Crippen LogP contribution in [0.3, 0.4) is 0 Å². The van der Waals surface area contributed by atoms with Crippen LogP contribution in [0.15, 0.2) is 48.3 Å². The molecule has 9 heteroatoms. The van der Waals surface area contributed by atoms with Crippen molar-refractivity contribution >= 4 is 17.8 Å². The zero-order valence-electron chi connectivity index (χ0n) is 24.5. The van der Waals surface area contributed by atoms with E-state index in [-0.39, 0.29) is 11.9 Å². The SMILES string of the molecule is C/C=C(NCCC[C@H](c1ccc(OC)c(OC)c1)N1Cc2c(cccc2N2CCN(CC)CC2)C1=O)\[N+](O)=C/C. The van der Waals surface area contributed by atoms with E-state index in [9.17, 15) is 10.0 Å². The summed E-state index contributed by atoms with van der Waals surface area (Å²) < 4.78 is 12.2. The van der Waals surface area contributed by atoms with E-state index < -0.39 is 0 Å². The van der Waals surface area contributed by atoms with Gasteiger partial charge in [0.1, 0.15) is 6.21 Å². The highest BCUT2D eigenvalue weighted by Crippen LogP contribution is 2.40. The molecule has 4 rings (SSSR count). The highest BCUT2D eigenvalue weighted by Gasteiger charge is 2.36. The van der Waals surface area contributed by atoms with Gasteiger partial charge in [0.25, 0.3) is 5.91 Å². The number of carbonyl (C=O) groups is 1. The molecule has 0 saturated carbocycles. The van der Waals surface area contributed by atoms with E-state index in [0.29, 0.717) is 30.4 Å². The maximum Gasteiger partial charge on any atom is 0.309 e. The minimum atomic E-state index is -0.150. The molecule has 2 aromatic rings. The molecule has 1 atom stereocenters. The van der Waals surface area contributed by atoms with Gasteiger partial charge in [-0.1, -0.05) is 23.8 Å². The molecule has 0 aliphatic carbocycles. The number of amides is 1. The number of rotatable bonds is 12. The van der Waals surface area contributed by atoms with Gasteiger partial charge in [-0.2, -0.15) is 0 Å². The number of hydrogen-bond donors (Lipinski definition) is 2. The summed E-state index contributed by atoms with van der Waals surface area (Å²) in [6.07, 6.45) is 4.95. The lowest BCUT2D eigenvalue weighted by molar-refractivity contribution is -0.738. The quantitative estimate of drug-likeness (QED) is 0.134. The second kappa shape index (κ2) is 13.6. The highest BCUT2D eigenvalue weighted by atomic mass is 16.5. The summed E-state index contributed by atoms with van der Waals surface area (Å²) in [6, 6.07) is 11.9. The van der Waals surface area contributed by atoms with E-state index in [0.717, 1.165) is 67.0 Å². The standard InChI is InChI=1S/C31H44N5O4/c1-6-30(36(38)8-3)32-16-10-13-26(23-14-15-28(39-4)29(21-23)40-5)35-22-25-24(31(35)37)11-9-12-27(25)34-19-17-33(7-2)18-20-34/h6,8-9,11-12,14-15,21,26,32,38H,7,10,13,16-20,22H2,1-5H3/q+1/b30-6-,36-8+/t26-/m1/s1. The Bertz CT molecular complexity index is 1240. The van der Waals surface area contributed by atoms with Gasteiger partial charge in [-0.3, -0.25) is 10.1 Å². The van der Waals surface area contributed by atoms with Gasteiger partial charge >= 0.3 is 5.82 Å². The fraction of sp³-hybridized carbons (Fsp3) is 0.484. The van der Waals surface area contributed by atoms with E-state index in [1.54, 1.807) is 27.4 Å². The number of fused-ring (bicyclic) bond motifs is 1. The third-order valence-corrected chi connectivity index (χ3v) is 8.03. The Labute approximate surface area is 238 Å². The number of ether oxygens (including phenoxy) is 2. The lowest BCUT2D eigenvalue weighted by atomic mass is 9.99. The third-order valence-electron chi connectivity index (χ3n) is 8.03. The predicted molar refractivity (Wildman–Crippen MR) is 158 cm³/mol. The van der Waals surface area contributed by atoms with Crippen molar-refractivity contribution in [2.45, 2.75) is 46.2 Å². The minimum Gasteiger partial charge on any atom is -0.493 e. The van der Waals surface area contributed by atoms with Crippen LogP contribution in [0.25, 0.3) is 0 Å². The first-order chi connectivity index (χ1) is 19.4. The number of nitrogens with one attached hydrogen (secondary N) is 1. The van der Waals surface area contributed by atoms with Crippen molar-refractivity contribution in [1.82, 2.24) is 15.1 Å². The molecule has 0 spiro atoms. The number of methoxy groups -OCH3 is 2. The molecule has 0 aromatic heterocycles.